The lowest BCUT2D eigenvalue weighted by Gasteiger charge is -2.45. The Labute approximate surface area is 74.4 Å². The molecule has 72 valence electrons. The molecule has 2 aliphatic rings. The highest BCUT2D eigenvalue weighted by Crippen LogP contribution is 2.29. The van der Waals surface area contributed by atoms with Crippen LogP contribution in [0.5, 0.6) is 0 Å². The van der Waals surface area contributed by atoms with E-state index in [-0.39, 0.29) is 30.5 Å². The Morgan fingerprint density at radius 3 is 2.77 bits per heavy atom. The van der Waals surface area contributed by atoms with Crippen molar-refractivity contribution in [3.05, 3.63) is 10.1 Å². The quantitative estimate of drug-likeness (QED) is 0.434. The van der Waals surface area contributed by atoms with Gasteiger partial charge in [0.2, 0.25) is 11.9 Å². The van der Waals surface area contributed by atoms with Crippen LogP contribution in [0.15, 0.2) is 0 Å². The molecule has 6 nitrogen and oxygen atoms in total. The molecule has 13 heavy (non-hydrogen) atoms. The van der Waals surface area contributed by atoms with Gasteiger partial charge in [-0.2, -0.15) is 0 Å². The van der Waals surface area contributed by atoms with E-state index < -0.39 is 11.6 Å². The Balaban J connectivity index is 2.17. The number of hydrogen-bond donors (Lipinski definition) is 1. The summed E-state index contributed by atoms with van der Waals surface area (Å²) in [7, 11) is 0. The fraction of sp³-hybridized carbons (Fsp3) is 0.857. The molecule has 1 amide bonds. The first-order valence-electron chi connectivity index (χ1n) is 4.16. The predicted molar refractivity (Wildman–Crippen MR) is 41.7 cm³/mol. The molecule has 2 rings (SSSR count). The van der Waals surface area contributed by atoms with E-state index in [9.17, 15) is 14.9 Å². The number of carbonyl (C=O) groups is 1. The average molecular weight is 186 g/mol. The van der Waals surface area contributed by atoms with Gasteiger partial charge in [-0.25, -0.2) is 0 Å². The third-order valence-electron chi connectivity index (χ3n) is 2.64. The highest BCUT2D eigenvalue weighted by Gasteiger charge is 2.56. The van der Waals surface area contributed by atoms with Crippen LogP contribution in [0.3, 0.4) is 0 Å². The summed E-state index contributed by atoms with van der Waals surface area (Å²) < 4.78 is 4.93. The van der Waals surface area contributed by atoms with E-state index in [1.54, 1.807) is 0 Å². The second-order valence-corrected chi connectivity index (χ2v) is 3.54. The zero-order chi connectivity index (χ0) is 9.47. The first kappa shape index (κ1) is 8.43. The third-order valence-corrected chi connectivity index (χ3v) is 2.64. The van der Waals surface area contributed by atoms with Crippen LogP contribution < -0.4 is 5.32 Å². The molecule has 2 fully saturated rings. The highest BCUT2D eigenvalue weighted by molar-refractivity contribution is 5.78. The Kier molecular flexibility index (Phi) is 1.73. The lowest BCUT2D eigenvalue weighted by molar-refractivity contribution is -0.545. The van der Waals surface area contributed by atoms with E-state index in [1.807, 2.05) is 0 Å². The SMILES string of the molecule is O=C1CCC([N+](=O)[O-])C2(COC2)N1. The Morgan fingerprint density at radius 1 is 1.62 bits per heavy atom. The predicted octanol–water partition coefficient (Wildman–Crippen LogP) is -0.689. The molecule has 1 spiro atoms. The fourth-order valence-electron chi connectivity index (χ4n) is 1.86. The molecule has 2 heterocycles. The number of hydrogen-bond acceptors (Lipinski definition) is 4. The van der Waals surface area contributed by atoms with E-state index >= 15 is 0 Å². The Bertz CT molecular complexity index is 261. The number of carbonyl (C=O) groups excluding carboxylic acids is 1. The lowest BCUT2D eigenvalue weighted by atomic mass is 9.82. The molecule has 0 bridgehead atoms. The zero-order valence-corrected chi connectivity index (χ0v) is 6.99. The second kappa shape index (κ2) is 2.66. The van der Waals surface area contributed by atoms with E-state index in [2.05, 4.69) is 5.32 Å². The number of rotatable bonds is 1. The molecule has 2 aliphatic heterocycles. The van der Waals surface area contributed by atoms with Gasteiger partial charge in [0.25, 0.3) is 0 Å². The summed E-state index contributed by atoms with van der Waals surface area (Å²) in [6.45, 7) is 0.536. The van der Waals surface area contributed by atoms with Gasteiger partial charge in [0.15, 0.2) is 5.54 Å². The number of nitro groups is 1. The number of nitrogens with one attached hydrogen (secondary N) is 1. The van der Waals surface area contributed by atoms with Crippen molar-refractivity contribution in [2.45, 2.75) is 24.4 Å². The lowest BCUT2D eigenvalue weighted by Crippen LogP contribution is -2.72. The summed E-state index contributed by atoms with van der Waals surface area (Å²) in [5.41, 5.74) is -0.709. The number of piperidine rings is 1. The molecule has 0 aromatic heterocycles. The molecule has 1 N–H and O–H groups in total. The molecule has 6 heteroatoms. The van der Waals surface area contributed by atoms with Crippen LogP contribution in [0.4, 0.5) is 0 Å². The normalized spacial score (nSPS) is 30.8. The van der Waals surface area contributed by atoms with Crippen molar-refractivity contribution in [3.8, 4) is 0 Å². The maximum Gasteiger partial charge on any atom is 0.240 e. The first-order valence-corrected chi connectivity index (χ1v) is 4.16. The first-order chi connectivity index (χ1) is 6.14. The van der Waals surface area contributed by atoms with Crippen molar-refractivity contribution >= 4 is 5.91 Å². The van der Waals surface area contributed by atoms with Crippen molar-refractivity contribution in [2.24, 2.45) is 0 Å². The van der Waals surface area contributed by atoms with Gasteiger partial charge in [-0.15, -0.1) is 0 Å². The molecule has 1 atom stereocenters. The zero-order valence-electron chi connectivity index (χ0n) is 6.99. The van der Waals surface area contributed by atoms with Crippen molar-refractivity contribution < 1.29 is 14.5 Å². The van der Waals surface area contributed by atoms with Crippen molar-refractivity contribution in [2.75, 3.05) is 13.2 Å². The van der Waals surface area contributed by atoms with Gasteiger partial charge in [-0.3, -0.25) is 14.9 Å². The average Bonchev–Trinajstić information content (AvgIpc) is 2.00. The maximum absolute atomic E-state index is 11.1. The summed E-state index contributed by atoms with van der Waals surface area (Å²) in [5.74, 6) is -0.110. The minimum atomic E-state index is -0.709. The molecule has 2 saturated heterocycles. The second-order valence-electron chi connectivity index (χ2n) is 3.54. The Morgan fingerprint density at radius 2 is 2.31 bits per heavy atom. The number of nitrogens with zero attached hydrogens (tertiary/aromatic N) is 1. The smallest absolute Gasteiger partial charge is 0.240 e. The Hall–Kier alpha value is -1.17. The van der Waals surface area contributed by atoms with Gasteiger partial charge < -0.3 is 10.1 Å². The van der Waals surface area contributed by atoms with Gasteiger partial charge in [0.1, 0.15) is 0 Å². The van der Waals surface area contributed by atoms with Crippen LogP contribution in [0.25, 0.3) is 0 Å². The number of ether oxygens (including phenoxy) is 1. The summed E-state index contributed by atoms with van der Waals surface area (Å²) >= 11 is 0. The summed E-state index contributed by atoms with van der Waals surface area (Å²) in [6.07, 6.45) is 0.565. The van der Waals surface area contributed by atoms with E-state index in [4.69, 9.17) is 4.74 Å². The minimum Gasteiger partial charge on any atom is -0.376 e. The van der Waals surface area contributed by atoms with Crippen LogP contribution >= 0.6 is 0 Å². The number of amides is 1. The van der Waals surface area contributed by atoms with Crippen LogP contribution in [-0.4, -0.2) is 35.6 Å². The molecule has 0 aromatic carbocycles. The largest absolute Gasteiger partial charge is 0.376 e. The summed E-state index contributed by atoms with van der Waals surface area (Å²) in [6, 6.07) is -0.682. The molecule has 0 aliphatic carbocycles. The fourth-order valence-corrected chi connectivity index (χ4v) is 1.86. The topological polar surface area (TPSA) is 81.5 Å². The highest BCUT2D eigenvalue weighted by atomic mass is 16.6. The van der Waals surface area contributed by atoms with Gasteiger partial charge >= 0.3 is 0 Å². The molecular weight excluding hydrogens is 176 g/mol. The van der Waals surface area contributed by atoms with Crippen LogP contribution in [0.2, 0.25) is 0 Å². The maximum atomic E-state index is 11.1. The van der Waals surface area contributed by atoms with E-state index in [1.165, 1.54) is 0 Å². The van der Waals surface area contributed by atoms with Crippen molar-refractivity contribution in [1.82, 2.24) is 5.32 Å². The molecular formula is C7H10N2O4. The van der Waals surface area contributed by atoms with E-state index in [0.717, 1.165) is 0 Å². The van der Waals surface area contributed by atoms with Gasteiger partial charge in [0, 0.05) is 17.8 Å². The van der Waals surface area contributed by atoms with Crippen LogP contribution in [0, 0.1) is 10.1 Å². The monoisotopic (exact) mass is 186 g/mol. The van der Waals surface area contributed by atoms with Crippen LogP contribution in [0.1, 0.15) is 12.8 Å². The third kappa shape index (κ3) is 1.17. The van der Waals surface area contributed by atoms with Gasteiger partial charge in [-0.05, 0) is 0 Å². The van der Waals surface area contributed by atoms with Gasteiger partial charge in [0.05, 0.1) is 13.2 Å². The van der Waals surface area contributed by atoms with Crippen LogP contribution in [-0.2, 0) is 9.53 Å². The standard InChI is InChI=1S/C7H10N2O4/c10-6-2-1-5(9(11)12)7(8-6)3-13-4-7/h5H,1-4H2,(H,8,10). The van der Waals surface area contributed by atoms with Crippen molar-refractivity contribution in [1.29, 1.82) is 0 Å². The molecule has 0 aromatic rings. The minimum absolute atomic E-state index is 0.110. The molecule has 0 saturated carbocycles. The summed E-state index contributed by atoms with van der Waals surface area (Å²) in [5, 5.41) is 13.3. The van der Waals surface area contributed by atoms with Gasteiger partial charge in [-0.1, -0.05) is 0 Å². The summed E-state index contributed by atoms with van der Waals surface area (Å²) in [4.78, 5) is 21.4. The molecule has 0 radical (unpaired) electrons. The molecule has 1 unspecified atom stereocenters. The van der Waals surface area contributed by atoms with E-state index in [0.29, 0.717) is 6.42 Å². The van der Waals surface area contributed by atoms with Crippen molar-refractivity contribution in [3.63, 3.8) is 0 Å².